The smallest absolute Gasteiger partial charge is 0.410 e. The summed E-state index contributed by atoms with van der Waals surface area (Å²) in [5, 5.41) is 2.79. The summed E-state index contributed by atoms with van der Waals surface area (Å²) in [5.41, 5.74) is 4.43. The second-order valence-electron chi connectivity index (χ2n) is 8.53. The van der Waals surface area contributed by atoms with Crippen LogP contribution >= 0.6 is 0 Å². The van der Waals surface area contributed by atoms with Gasteiger partial charge in [0.05, 0.1) is 4.90 Å². The molecule has 0 unspecified atom stereocenters. The topological polar surface area (TPSA) is 84.5 Å². The third-order valence-corrected chi connectivity index (χ3v) is 7.43. The highest BCUT2D eigenvalue weighted by Crippen LogP contribution is 2.32. The fraction of sp³-hybridized carbons (Fsp3) is 0.167. The summed E-state index contributed by atoms with van der Waals surface area (Å²) in [4.78, 5) is 12.7. The van der Waals surface area contributed by atoms with Gasteiger partial charge in [-0.2, -0.15) is 0 Å². The second-order valence-corrected chi connectivity index (χ2v) is 10.3. The van der Waals surface area contributed by atoms with Crippen LogP contribution in [-0.2, 0) is 29.4 Å². The number of para-hydroxylation sites is 1. The third-order valence-electron chi connectivity index (χ3n) is 6.02. The van der Waals surface area contributed by atoms with Crippen molar-refractivity contribution in [1.29, 1.82) is 0 Å². The van der Waals surface area contributed by atoms with E-state index in [1.54, 1.807) is 24.3 Å². The predicted molar refractivity (Wildman–Crippen MR) is 146 cm³/mol. The van der Waals surface area contributed by atoms with Crippen LogP contribution in [0, 0.1) is 0 Å². The largest absolute Gasteiger partial charge is 0.412 e. The van der Waals surface area contributed by atoms with Crippen molar-refractivity contribution < 1.29 is 17.9 Å². The minimum Gasteiger partial charge on any atom is -0.410 e. The summed E-state index contributed by atoms with van der Waals surface area (Å²) in [6.45, 7) is 2.56. The summed E-state index contributed by atoms with van der Waals surface area (Å²) < 4.78 is 34.1. The minimum absolute atomic E-state index is 0.0889. The molecule has 0 aliphatic heterocycles. The molecule has 0 aromatic heterocycles. The fourth-order valence-corrected chi connectivity index (χ4v) is 4.97. The lowest BCUT2D eigenvalue weighted by molar-refractivity contribution is 0.201. The quantitative estimate of drug-likeness (QED) is 0.283. The van der Waals surface area contributed by atoms with Crippen LogP contribution in [0.1, 0.15) is 23.6 Å². The molecule has 4 rings (SSSR count). The Bertz CT molecular complexity index is 1440. The van der Waals surface area contributed by atoms with Crippen molar-refractivity contribution in [1.82, 2.24) is 10.0 Å². The molecule has 7 heteroatoms. The van der Waals surface area contributed by atoms with Crippen LogP contribution in [0.15, 0.2) is 108 Å². The van der Waals surface area contributed by atoms with Gasteiger partial charge in [-0.25, -0.2) is 17.9 Å². The number of hydrogen-bond donors (Lipinski definition) is 2. The number of hydrogen-bond acceptors (Lipinski definition) is 4. The summed E-state index contributed by atoms with van der Waals surface area (Å²) in [7, 11) is -3.69. The molecule has 0 bridgehead atoms. The molecule has 2 N–H and O–H groups in total. The molecular formula is C30H30N2O4S. The zero-order valence-corrected chi connectivity index (χ0v) is 21.5. The Labute approximate surface area is 218 Å². The van der Waals surface area contributed by atoms with Crippen molar-refractivity contribution in [3.05, 3.63) is 120 Å². The Morgan fingerprint density at radius 3 is 2.14 bits per heavy atom. The van der Waals surface area contributed by atoms with Gasteiger partial charge in [0, 0.05) is 18.7 Å². The first-order valence-corrected chi connectivity index (χ1v) is 13.7. The number of ether oxygens (including phenoxy) is 1. The number of rotatable bonds is 10. The number of carbonyl (C=O) groups excluding carboxylic acids is 1. The van der Waals surface area contributed by atoms with E-state index >= 15 is 0 Å². The van der Waals surface area contributed by atoms with Gasteiger partial charge in [0.2, 0.25) is 10.0 Å². The minimum atomic E-state index is -3.69. The summed E-state index contributed by atoms with van der Waals surface area (Å²) in [6, 6.07) is 31.4. The normalized spacial score (nSPS) is 11.2. The maximum absolute atomic E-state index is 12.9. The molecule has 0 radical (unpaired) electrons. The van der Waals surface area contributed by atoms with E-state index in [1.807, 2.05) is 85.8 Å². The van der Waals surface area contributed by atoms with Gasteiger partial charge >= 0.3 is 6.09 Å². The monoisotopic (exact) mass is 514 g/mol. The van der Waals surface area contributed by atoms with Gasteiger partial charge in [0.15, 0.2) is 0 Å². The van der Waals surface area contributed by atoms with Crippen LogP contribution in [0.5, 0.6) is 5.75 Å². The molecule has 0 spiro atoms. The van der Waals surface area contributed by atoms with Gasteiger partial charge in [0.1, 0.15) is 5.75 Å². The molecule has 0 saturated heterocycles. The van der Waals surface area contributed by atoms with Gasteiger partial charge in [-0.05, 0) is 53.3 Å². The van der Waals surface area contributed by atoms with Crippen molar-refractivity contribution in [3.63, 3.8) is 0 Å². The van der Waals surface area contributed by atoms with Crippen LogP contribution in [0.2, 0.25) is 0 Å². The molecule has 0 saturated carbocycles. The van der Waals surface area contributed by atoms with E-state index in [-0.39, 0.29) is 11.4 Å². The zero-order valence-electron chi connectivity index (χ0n) is 20.7. The Balaban J connectivity index is 1.46. The highest BCUT2D eigenvalue weighted by Gasteiger charge is 2.17. The fourth-order valence-electron chi connectivity index (χ4n) is 3.97. The third kappa shape index (κ3) is 7.06. The molecule has 0 fully saturated rings. The Morgan fingerprint density at radius 1 is 0.757 bits per heavy atom. The maximum atomic E-state index is 12.9. The van der Waals surface area contributed by atoms with Gasteiger partial charge in [-0.1, -0.05) is 91.9 Å². The van der Waals surface area contributed by atoms with Crippen molar-refractivity contribution >= 4 is 16.1 Å². The van der Waals surface area contributed by atoms with Crippen LogP contribution in [0.25, 0.3) is 11.1 Å². The lowest BCUT2D eigenvalue weighted by Crippen LogP contribution is -2.29. The van der Waals surface area contributed by atoms with E-state index in [2.05, 4.69) is 10.0 Å². The average molecular weight is 515 g/mol. The summed E-state index contributed by atoms with van der Waals surface area (Å²) in [6.07, 6.45) is 0.993. The van der Waals surface area contributed by atoms with Crippen LogP contribution in [0.3, 0.4) is 0 Å². The van der Waals surface area contributed by atoms with Crippen LogP contribution < -0.4 is 14.8 Å². The molecule has 0 heterocycles. The second kappa shape index (κ2) is 12.3. The summed E-state index contributed by atoms with van der Waals surface area (Å²) >= 11 is 0. The lowest BCUT2D eigenvalue weighted by Gasteiger charge is -2.15. The maximum Gasteiger partial charge on any atom is 0.412 e. The van der Waals surface area contributed by atoms with Crippen molar-refractivity contribution in [2.75, 3.05) is 6.54 Å². The molecule has 0 aliphatic carbocycles. The van der Waals surface area contributed by atoms with E-state index in [0.29, 0.717) is 24.3 Å². The van der Waals surface area contributed by atoms with Gasteiger partial charge in [0.25, 0.3) is 0 Å². The predicted octanol–water partition coefficient (Wildman–Crippen LogP) is 5.73. The average Bonchev–Trinajstić information content (AvgIpc) is 2.93. The van der Waals surface area contributed by atoms with E-state index in [9.17, 15) is 13.2 Å². The molecule has 37 heavy (non-hydrogen) atoms. The van der Waals surface area contributed by atoms with E-state index in [4.69, 9.17) is 4.74 Å². The van der Waals surface area contributed by atoms with Crippen LogP contribution in [0.4, 0.5) is 4.79 Å². The zero-order chi connectivity index (χ0) is 26.1. The first kappa shape index (κ1) is 26.1. The first-order chi connectivity index (χ1) is 18.0. The Morgan fingerprint density at radius 2 is 1.41 bits per heavy atom. The highest BCUT2D eigenvalue weighted by molar-refractivity contribution is 7.89. The Kier molecular flexibility index (Phi) is 8.72. The number of aryl methyl sites for hydroxylation is 1. The van der Waals surface area contributed by atoms with Crippen molar-refractivity contribution in [2.24, 2.45) is 0 Å². The first-order valence-electron chi connectivity index (χ1n) is 12.2. The standard InChI is InChI=1S/C30H30N2O4S/c1-2-23-16-18-26(19-17-23)37(34,35)32-22-25-12-6-7-13-27(25)28-14-8-9-15-29(28)36-30(33)31-21-20-24-10-4-3-5-11-24/h3-19,32H,2,20-22H2,1H3,(H,31,33). The molecule has 190 valence electrons. The number of amides is 1. The number of nitrogens with one attached hydrogen (secondary N) is 2. The molecule has 4 aromatic carbocycles. The van der Waals surface area contributed by atoms with E-state index in [0.717, 1.165) is 28.7 Å². The SMILES string of the molecule is CCc1ccc(S(=O)(=O)NCc2ccccc2-c2ccccc2OC(=O)NCCc2ccccc2)cc1. The lowest BCUT2D eigenvalue weighted by atomic mass is 9.99. The number of carbonyl (C=O) groups is 1. The number of sulfonamides is 1. The van der Waals surface area contributed by atoms with Crippen LogP contribution in [-0.4, -0.2) is 21.1 Å². The van der Waals surface area contributed by atoms with Crippen molar-refractivity contribution in [3.8, 4) is 16.9 Å². The molecule has 0 atom stereocenters. The summed E-state index contributed by atoms with van der Waals surface area (Å²) in [5.74, 6) is 0.394. The van der Waals surface area contributed by atoms with Gasteiger partial charge in [-0.15, -0.1) is 0 Å². The van der Waals surface area contributed by atoms with Crippen molar-refractivity contribution in [2.45, 2.75) is 31.2 Å². The van der Waals surface area contributed by atoms with Gasteiger partial charge in [-0.3, -0.25) is 0 Å². The van der Waals surface area contributed by atoms with E-state index < -0.39 is 16.1 Å². The Hall–Kier alpha value is -3.94. The molecule has 4 aromatic rings. The molecule has 1 amide bonds. The molecule has 6 nitrogen and oxygen atoms in total. The highest BCUT2D eigenvalue weighted by atomic mass is 32.2. The number of benzene rings is 4. The van der Waals surface area contributed by atoms with Gasteiger partial charge < -0.3 is 10.1 Å². The molecular weight excluding hydrogens is 484 g/mol. The molecule has 0 aliphatic rings. The van der Waals surface area contributed by atoms with E-state index in [1.165, 1.54) is 0 Å².